The number of aliphatic hydroxyl groups excluding tert-OH is 3. The standard InChI is InChI=1S/C24H30O8/c1-24-9-8-14-13-5-3-12(10-11(13)2-4-15(14)16(24)6-7-17(24)25)31-23-20(28)18(26)19(27)21(32-23)22(29)30/h3,5,10,14-16,18-21,23,26-28H,2,4,6-9H2,1H3,(H,29,30)/t14?,15?,16?,18-,19-,20+,21-,23+,24-/m0/s1. The van der Waals surface area contributed by atoms with E-state index in [1.54, 1.807) is 6.07 Å². The number of ketones is 1. The average molecular weight is 446 g/mol. The fraction of sp³-hybridized carbons (Fsp3) is 0.667. The Morgan fingerprint density at radius 1 is 1.09 bits per heavy atom. The maximum atomic E-state index is 12.5. The summed E-state index contributed by atoms with van der Waals surface area (Å²) in [5.41, 5.74) is 2.26. The quantitative estimate of drug-likeness (QED) is 0.547. The van der Waals surface area contributed by atoms with Gasteiger partial charge in [0.2, 0.25) is 6.29 Å². The number of aliphatic hydroxyl groups is 3. The van der Waals surface area contributed by atoms with Gasteiger partial charge in [0.25, 0.3) is 0 Å². The Balaban J connectivity index is 1.35. The Hall–Kier alpha value is -2.00. The number of ether oxygens (including phenoxy) is 2. The molecule has 0 radical (unpaired) electrons. The first-order valence-electron chi connectivity index (χ1n) is 11.5. The van der Waals surface area contributed by atoms with Crippen LogP contribution in [0.1, 0.15) is 56.1 Å². The van der Waals surface area contributed by atoms with Gasteiger partial charge in [-0.05, 0) is 73.1 Å². The van der Waals surface area contributed by atoms with Gasteiger partial charge in [-0.3, -0.25) is 4.79 Å². The van der Waals surface area contributed by atoms with E-state index in [2.05, 4.69) is 6.92 Å². The van der Waals surface area contributed by atoms with Crippen molar-refractivity contribution in [2.75, 3.05) is 0 Å². The molecule has 8 heteroatoms. The minimum absolute atomic E-state index is 0.164. The van der Waals surface area contributed by atoms with Crippen molar-refractivity contribution in [3.05, 3.63) is 29.3 Å². The second-order valence-corrected chi connectivity index (χ2v) is 10.0. The fourth-order valence-electron chi connectivity index (χ4n) is 6.69. The summed E-state index contributed by atoms with van der Waals surface area (Å²) in [6.07, 6.45) is -2.65. The van der Waals surface area contributed by atoms with E-state index < -0.39 is 36.7 Å². The van der Waals surface area contributed by atoms with Gasteiger partial charge in [-0.2, -0.15) is 0 Å². The minimum atomic E-state index is -1.75. The molecule has 1 aromatic carbocycles. The van der Waals surface area contributed by atoms with Crippen LogP contribution in [0, 0.1) is 17.3 Å². The lowest BCUT2D eigenvalue weighted by atomic mass is 9.55. The molecule has 0 aromatic heterocycles. The predicted molar refractivity (Wildman–Crippen MR) is 111 cm³/mol. The van der Waals surface area contributed by atoms with Gasteiger partial charge in [0, 0.05) is 11.8 Å². The van der Waals surface area contributed by atoms with Gasteiger partial charge in [-0.25, -0.2) is 4.79 Å². The topological polar surface area (TPSA) is 134 Å². The first kappa shape index (κ1) is 21.8. The first-order chi connectivity index (χ1) is 15.2. The molecule has 3 fully saturated rings. The molecular weight excluding hydrogens is 416 g/mol. The molecule has 4 aliphatic rings. The van der Waals surface area contributed by atoms with Crippen molar-refractivity contribution in [1.82, 2.24) is 0 Å². The van der Waals surface area contributed by atoms with Crippen LogP contribution in [0.25, 0.3) is 0 Å². The van der Waals surface area contributed by atoms with E-state index in [4.69, 9.17) is 9.47 Å². The normalized spacial score (nSPS) is 43.2. The third kappa shape index (κ3) is 3.27. The van der Waals surface area contributed by atoms with Crippen LogP contribution in [0.4, 0.5) is 0 Å². The number of carboxylic acids is 1. The smallest absolute Gasteiger partial charge is 0.335 e. The predicted octanol–water partition coefficient (Wildman–Crippen LogP) is 1.38. The van der Waals surface area contributed by atoms with Gasteiger partial charge in [0.1, 0.15) is 29.8 Å². The van der Waals surface area contributed by atoms with Crippen LogP contribution in [0.2, 0.25) is 0 Å². The summed E-state index contributed by atoms with van der Waals surface area (Å²) in [5.74, 6) is 0.773. The zero-order valence-electron chi connectivity index (χ0n) is 18.0. The number of rotatable bonds is 3. The molecule has 32 heavy (non-hydrogen) atoms. The van der Waals surface area contributed by atoms with Crippen molar-refractivity contribution in [2.24, 2.45) is 17.3 Å². The number of fused-ring (bicyclic) bond motifs is 5. The lowest BCUT2D eigenvalue weighted by Gasteiger charge is -2.48. The lowest BCUT2D eigenvalue weighted by molar-refractivity contribution is -0.271. The fourth-order valence-corrected chi connectivity index (χ4v) is 6.69. The number of hydrogen-bond donors (Lipinski definition) is 4. The Labute approximate surface area is 186 Å². The van der Waals surface area contributed by atoms with E-state index in [1.807, 2.05) is 12.1 Å². The minimum Gasteiger partial charge on any atom is -0.479 e. The Kier molecular flexibility index (Phi) is 5.32. The SMILES string of the molecule is C[C@]12CCC3c4ccc(O[C@@H]5O[C@H](C(=O)O)[C@@H](O)[C@H](O)[C@H]5O)cc4CCC3C1CCC2=O. The summed E-state index contributed by atoms with van der Waals surface area (Å²) in [6.45, 7) is 2.15. The molecule has 2 saturated carbocycles. The number of aryl methyl sites for hydroxylation is 1. The Morgan fingerprint density at radius 3 is 2.62 bits per heavy atom. The summed E-state index contributed by atoms with van der Waals surface area (Å²) in [4.78, 5) is 23.8. The number of carboxylic acid groups (broad SMARTS) is 1. The average Bonchev–Trinajstić information content (AvgIpc) is 3.08. The largest absolute Gasteiger partial charge is 0.479 e. The zero-order valence-corrected chi connectivity index (χ0v) is 18.0. The molecule has 1 saturated heterocycles. The number of benzene rings is 1. The van der Waals surface area contributed by atoms with Gasteiger partial charge < -0.3 is 29.9 Å². The molecule has 1 aromatic rings. The van der Waals surface area contributed by atoms with Crippen LogP contribution in [0.5, 0.6) is 5.75 Å². The molecule has 0 amide bonds. The van der Waals surface area contributed by atoms with E-state index in [9.17, 15) is 30.0 Å². The number of aliphatic carboxylic acids is 1. The van der Waals surface area contributed by atoms with Crippen molar-refractivity contribution in [2.45, 2.75) is 82.1 Å². The van der Waals surface area contributed by atoms with E-state index in [0.29, 0.717) is 35.7 Å². The van der Waals surface area contributed by atoms with Crippen LogP contribution in [0.3, 0.4) is 0 Å². The van der Waals surface area contributed by atoms with Crippen molar-refractivity contribution >= 4 is 11.8 Å². The highest BCUT2D eigenvalue weighted by Gasteiger charge is 2.54. The lowest BCUT2D eigenvalue weighted by Crippen LogP contribution is -2.61. The van der Waals surface area contributed by atoms with Gasteiger partial charge in [0.15, 0.2) is 6.10 Å². The molecule has 0 bridgehead atoms. The maximum absolute atomic E-state index is 12.5. The first-order valence-corrected chi connectivity index (χ1v) is 11.5. The second-order valence-electron chi connectivity index (χ2n) is 10.0. The van der Waals surface area contributed by atoms with Gasteiger partial charge in [0.05, 0.1) is 0 Å². The number of Topliss-reactive ketones (excluding diaryl/α,β-unsaturated/α-hetero) is 1. The Bertz CT molecular complexity index is 931. The molecule has 4 N–H and O–H groups in total. The highest BCUT2D eigenvalue weighted by Crippen LogP contribution is 2.59. The number of hydrogen-bond acceptors (Lipinski definition) is 7. The Morgan fingerprint density at radius 2 is 1.88 bits per heavy atom. The molecule has 8 nitrogen and oxygen atoms in total. The van der Waals surface area contributed by atoms with Gasteiger partial charge >= 0.3 is 5.97 Å². The molecule has 5 rings (SSSR count). The second kappa shape index (κ2) is 7.80. The monoisotopic (exact) mass is 446 g/mol. The molecular formula is C24H30O8. The molecule has 1 heterocycles. The summed E-state index contributed by atoms with van der Waals surface area (Å²) >= 11 is 0. The van der Waals surface area contributed by atoms with E-state index in [1.165, 1.54) is 5.56 Å². The van der Waals surface area contributed by atoms with Crippen molar-refractivity contribution in [1.29, 1.82) is 0 Å². The molecule has 0 spiro atoms. The molecule has 9 atom stereocenters. The maximum Gasteiger partial charge on any atom is 0.335 e. The summed E-state index contributed by atoms with van der Waals surface area (Å²) < 4.78 is 10.9. The highest BCUT2D eigenvalue weighted by atomic mass is 16.7. The number of carbonyl (C=O) groups excluding carboxylic acids is 1. The molecule has 3 unspecified atom stereocenters. The van der Waals surface area contributed by atoms with Gasteiger partial charge in [-0.15, -0.1) is 0 Å². The summed E-state index contributed by atoms with van der Waals surface area (Å²) in [7, 11) is 0. The van der Waals surface area contributed by atoms with Crippen molar-refractivity contribution < 1.29 is 39.5 Å². The van der Waals surface area contributed by atoms with Crippen LogP contribution in [-0.4, -0.2) is 62.9 Å². The third-order valence-electron chi connectivity index (χ3n) is 8.47. The molecule has 174 valence electrons. The van der Waals surface area contributed by atoms with Crippen LogP contribution < -0.4 is 4.74 Å². The third-order valence-corrected chi connectivity index (χ3v) is 8.47. The van der Waals surface area contributed by atoms with Gasteiger partial charge in [-0.1, -0.05) is 13.0 Å². The van der Waals surface area contributed by atoms with Crippen molar-refractivity contribution in [3.8, 4) is 5.75 Å². The van der Waals surface area contributed by atoms with E-state index >= 15 is 0 Å². The highest BCUT2D eigenvalue weighted by molar-refractivity contribution is 5.87. The summed E-state index contributed by atoms with van der Waals surface area (Å²) in [6, 6.07) is 5.69. The van der Waals surface area contributed by atoms with E-state index in [-0.39, 0.29) is 5.41 Å². The molecule has 3 aliphatic carbocycles. The summed E-state index contributed by atoms with van der Waals surface area (Å²) in [5, 5.41) is 39.3. The molecule has 1 aliphatic heterocycles. The number of carbonyl (C=O) groups is 2. The van der Waals surface area contributed by atoms with Crippen LogP contribution in [0.15, 0.2) is 18.2 Å². The van der Waals surface area contributed by atoms with E-state index in [0.717, 1.165) is 37.7 Å². The van der Waals surface area contributed by atoms with Crippen molar-refractivity contribution in [3.63, 3.8) is 0 Å². The van der Waals surface area contributed by atoms with Crippen LogP contribution in [-0.2, 0) is 20.7 Å². The zero-order chi connectivity index (χ0) is 22.8. The van der Waals surface area contributed by atoms with Crippen LogP contribution >= 0.6 is 0 Å².